The van der Waals surface area contributed by atoms with Gasteiger partial charge in [0, 0.05) is 6.54 Å². The molecule has 0 heterocycles. The summed E-state index contributed by atoms with van der Waals surface area (Å²) in [5, 5.41) is 0. The lowest BCUT2D eigenvalue weighted by molar-refractivity contribution is -0.136. The molecule has 0 aliphatic rings. The van der Waals surface area contributed by atoms with Crippen LogP contribution in [0.15, 0.2) is 54.6 Å². The number of likely N-dealkylation sites (N-methyl/N-ethyl adjacent to an activating group) is 1. The van der Waals surface area contributed by atoms with Gasteiger partial charge in [0.1, 0.15) is 12.4 Å². The number of hydrogen-bond acceptors (Lipinski definition) is 4. The molecule has 24 heavy (non-hydrogen) atoms. The highest BCUT2D eigenvalue weighted by Crippen LogP contribution is 2.22. The van der Waals surface area contributed by atoms with Crippen LogP contribution < -0.4 is 4.74 Å². The van der Waals surface area contributed by atoms with Gasteiger partial charge in [0.25, 0.3) is 0 Å². The number of hydrogen-bond donors (Lipinski definition) is 0. The Hall–Kier alpha value is -2.59. The Balaban J connectivity index is 2.26. The summed E-state index contributed by atoms with van der Waals surface area (Å²) in [6.45, 7) is 1.04. The zero-order valence-electron chi connectivity index (χ0n) is 14.4. The molecule has 2 rings (SSSR count). The van der Waals surface area contributed by atoms with Gasteiger partial charge in [0.2, 0.25) is 0 Å². The molecule has 4 heteroatoms. The molecule has 2 aromatic carbocycles. The summed E-state index contributed by atoms with van der Waals surface area (Å²) in [4.78, 5) is 14.5. The van der Waals surface area contributed by atoms with E-state index in [2.05, 4.69) is 0 Å². The van der Waals surface area contributed by atoms with Crippen LogP contribution in [0.5, 0.6) is 5.75 Å². The van der Waals surface area contributed by atoms with Crippen molar-refractivity contribution in [1.82, 2.24) is 4.90 Å². The van der Waals surface area contributed by atoms with Crippen LogP contribution in [0.25, 0.3) is 11.6 Å². The largest absolute Gasteiger partial charge is 0.497 e. The van der Waals surface area contributed by atoms with Gasteiger partial charge >= 0.3 is 5.97 Å². The van der Waals surface area contributed by atoms with Crippen LogP contribution in [0.4, 0.5) is 0 Å². The highest BCUT2D eigenvalue weighted by Gasteiger charge is 2.14. The molecule has 0 aromatic heterocycles. The summed E-state index contributed by atoms with van der Waals surface area (Å²) in [5.41, 5.74) is 2.28. The third-order valence-corrected chi connectivity index (χ3v) is 3.50. The Morgan fingerprint density at radius 2 is 1.71 bits per heavy atom. The highest BCUT2D eigenvalue weighted by molar-refractivity contribution is 6.21. The van der Waals surface area contributed by atoms with Crippen LogP contribution in [-0.2, 0) is 9.53 Å². The van der Waals surface area contributed by atoms with Gasteiger partial charge < -0.3 is 14.4 Å². The first-order valence-electron chi connectivity index (χ1n) is 7.83. The van der Waals surface area contributed by atoms with Gasteiger partial charge in [-0.1, -0.05) is 42.5 Å². The van der Waals surface area contributed by atoms with E-state index >= 15 is 0 Å². The van der Waals surface area contributed by atoms with Crippen LogP contribution in [0.3, 0.4) is 0 Å². The van der Waals surface area contributed by atoms with Gasteiger partial charge in [-0.05, 0) is 43.4 Å². The minimum atomic E-state index is -0.328. The summed E-state index contributed by atoms with van der Waals surface area (Å²) in [6.07, 6.45) is 1.85. The molecular formula is C20H23NO3. The van der Waals surface area contributed by atoms with E-state index in [0.717, 1.165) is 16.9 Å². The van der Waals surface area contributed by atoms with Crippen molar-refractivity contribution in [2.24, 2.45) is 0 Å². The van der Waals surface area contributed by atoms with Gasteiger partial charge in [-0.25, -0.2) is 4.79 Å². The second-order valence-corrected chi connectivity index (χ2v) is 5.64. The normalized spacial score (nSPS) is 11.4. The lowest BCUT2D eigenvalue weighted by atomic mass is 10.0. The molecule has 0 atom stereocenters. The number of ether oxygens (including phenoxy) is 2. The summed E-state index contributed by atoms with van der Waals surface area (Å²) in [6, 6.07) is 17.1. The van der Waals surface area contributed by atoms with Crippen LogP contribution in [0.1, 0.15) is 11.1 Å². The SMILES string of the molecule is COc1ccc(C(=Cc2ccccc2)C(=O)OCCN(C)C)cc1. The first kappa shape index (κ1) is 17.8. The Labute approximate surface area is 143 Å². The van der Waals surface area contributed by atoms with Crippen LogP contribution in [0, 0.1) is 0 Å². The van der Waals surface area contributed by atoms with E-state index in [4.69, 9.17) is 9.47 Å². The molecule has 0 fully saturated rings. The zero-order valence-corrected chi connectivity index (χ0v) is 14.4. The molecule has 0 N–H and O–H groups in total. The van der Waals surface area contributed by atoms with Gasteiger partial charge in [-0.15, -0.1) is 0 Å². The Morgan fingerprint density at radius 1 is 1.04 bits per heavy atom. The average Bonchev–Trinajstić information content (AvgIpc) is 2.60. The summed E-state index contributed by atoms with van der Waals surface area (Å²) in [7, 11) is 5.50. The van der Waals surface area contributed by atoms with Gasteiger partial charge in [0.15, 0.2) is 0 Å². The van der Waals surface area contributed by atoms with Crippen molar-refractivity contribution in [3.05, 3.63) is 65.7 Å². The molecule has 126 valence electrons. The van der Waals surface area contributed by atoms with E-state index in [-0.39, 0.29) is 5.97 Å². The average molecular weight is 325 g/mol. The maximum atomic E-state index is 12.5. The van der Waals surface area contributed by atoms with Gasteiger partial charge in [0.05, 0.1) is 12.7 Å². The number of nitrogens with zero attached hydrogens (tertiary/aromatic N) is 1. The lowest BCUT2D eigenvalue weighted by Crippen LogP contribution is -2.20. The first-order chi connectivity index (χ1) is 11.6. The van der Waals surface area contributed by atoms with Crippen molar-refractivity contribution in [3.63, 3.8) is 0 Å². The smallest absolute Gasteiger partial charge is 0.338 e. The molecule has 4 nitrogen and oxygen atoms in total. The highest BCUT2D eigenvalue weighted by atomic mass is 16.5. The lowest BCUT2D eigenvalue weighted by Gasteiger charge is -2.12. The fourth-order valence-corrected chi connectivity index (χ4v) is 2.15. The number of esters is 1. The second-order valence-electron chi connectivity index (χ2n) is 5.64. The molecule has 0 aliphatic carbocycles. The first-order valence-corrected chi connectivity index (χ1v) is 7.83. The Morgan fingerprint density at radius 3 is 2.29 bits per heavy atom. The monoisotopic (exact) mass is 325 g/mol. The van der Waals surface area contributed by atoms with Gasteiger partial charge in [-0.2, -0.15) is 0 Å². The van der Waals surface area contributed by atoms with Crippen LogP contribution >= 0.6 is 0 Å². The minimum Gasteiger partial charge on any atom is -0.497 e. The van der Waals surface area contributed by atoms with Crippen molar-refractivity contribution in [2.75, 3.05) is 34.4 Å². The standard InChI is InChI=1S/C20H23NO3/c1-21(2)13-14-24-20(22)19(15-16-7-5-4-6-8-16)17-9-11-18(23-3)12-10-17/h4-12,15H,13-14H2,1-3H3. The van der Waals surface area contributed by atoms with E-state index in [1.165, 1.54) is 0 Å². The fraction of sp³-hybridized carbons (Fsp3) is 0.250. The third kappa shape index (κ3) is 5.25. The molecule has 0 spiro atoms. The van der Waals surface area contributed by atoms with Crippen molar-refractivity contribution >= 4 is 17.6 Å². The molecule has 0 bridgehead atoms. The maximum absolute atomic E-state index is 12.5. The predicted molar refractivity (Wildman–Crippen MR) is 96.8 cm³/mol. The quantitative estimate of drug-likeness (QED) is 0.445. The van der Waals surface area contributed by atoms with Crippen LogP contribution in [-0.4, -0.2) is 45.2 Å². The van der Waals surface area contributed by atoms with E-state index in [1.807, 2.05) is 79.7 Å². The number of carbonyl (C=O) groups excluding carboxylic acids is 1. The van der Waals surface area contributed by atoms with E-state index in [9.17, 15) is 4.79 Å². The molecule has 0 radical (unpaired) electrons. The predicted octanol–water partition coefficient (Wildman–Crippen LogP) is 3.34. The fourth-order valence-electron chi connectivity index (χ4n) is 2.15. The van der Waals surface area contributed by atoms with E-state index in [0.29, 0.717) is 18.7 Å². The molecule has 0 amide bonds. The van der Waals surface area contributed by atoms with E-state index in [1.54, 1.807) is 7.11 Å². The number of methoxy groups -OCH3 is 1. The van der Waals surface area contributed by atoms with Crippen molar-refractivity contribution in [2.45, 2.75) is 0 Å². The number of carbonyl (C=O) groups is 1. The molecule has 0 saturated carbocycles. The van der Waals surface area contributed by atoms with Crippen LogP contribution in [0.2, 0.25) is 0 Å². The van der Waals surface area contributed by atoms with Crippen molar-refractivity contribution in [1.29, 1.82) is 0 Å². The van der Waals surface area contributed by atoms with Gasteiger partial charge in [-0.3, -0.25) is 0 Å². The molecule has 0 saturated heterocycles. The summed E-state index contributed by atoms with van der Waals surface area (Å²) < 4.78 is 10.6. The zero-order chi connectivity index (χ0) is 17.4. The second kappa shape index (κ2) is 8.89. The number of benzene rings is 2. The Kier molecular flexibility index (Phi) is 6.58. The molecule has 2 aromatic rings. The molecule has 0 aliphatic heterocycles. The van der Waals surface area contributed by atoms with E-state index < -0.39 is 0 Å². The topological polar surface area (TPSA) is 38.8 Å². The van der Waals surface area contributed by atoms with Crippen molar-refractivity contribution in [3.8, 4) is 5.75 Å². The minimum absolute atomic E-state index is 0.328. The molecular weight excluding hydrogens is 302 g/mol. The number of rotatable bonds is 7. The summed E-state index contributed by atoms with van der Waals surface area (Å²) in [5.74, 6) is 0.421. The molecule has 0 unspecified atom stereocenters. The maximum Gasteiger partial charge on any atom is 0.338 e. The Bertz CT molecular complexity index is 676. The third-order valence-electron chi connectivity index (χ3n) is 3.50. The van der Waals surface area contributed by atoms with Crippen molar-refractivity contribution < 1.29 is 14.3 Å². The summed E-state index contributed by atoms with van der Waals surface area (Å²) >= 11 is 0.